The number of benzene rings is 1. The van der Waals surface area contributed by atoms with E-state index in [0.717, 1.165) is 0 Å². The number of carbonyl (C=O) groups excluding carboxylic acids is 1. The second-order valence-electron chi connectivity index (χ2n) is 4.94. The lowest BCUT2D eigenvalue weighted by Gasteiger charge is -2.09. The van der Waals surface area contributed by atoms with Crippen molar-refractivity contribution >= 4 is 21.7 Å². The summed E-state index contributed by atoms with van der Waals surface area (Å²) in [6.07, 6.45) is 1.54. The van der Waals surface area contributed by atoms with Crippen LogP contribution in [0.15, 0.2) is 47.5 Å². The number of carbonyl (C=O) groups is 1. The molecule has 0 atom stereocenters. The average molecular weight is 359 g/mol. The second kappa shape index (κ2) is 8.23. The van der Waals surface area contributed by atoms with Gasteiger partial charge in [-0.3, -0.25) is 4.79 Å². The molecule has 8 nitrogen and oxygen atoms in total. The molecular formula is C16H17N5O3S. The zero-order valence-corrected chi connectivity index (χ0v) is 14.3. The Bertz CT molecular complexity index is 889. The third-order valence-electron chi connectivity index (χ3n) is 3.29. The molecule has 1 aromatic carbocycles. The molecule has 0 radical (unpaired) electrons. The molecule has 1 amide bonds. The quantitative estimate of drug-likeness (QED) is 0.625. The lowest BCUT2D eigenvalue weighted by Crippen LogP contribution is -2.29. The minimum absolute atomic E-state index is 0.0655. The molecule has 1 heterocycles. The van der Waals surface area contributed by atoms with Crippen molar-refractivity contribution < 1.29 is 13.2 Å². The largest absolute Gasteiger partial charge is 0.368 e. The minimum atomic E-state index is -3.69. The molecule has 130 valence electrons. The first kappa shape index (κ1) is 18.4. The van der Waals surface area contributed by atoms with Crippen molar-refractivity contribution in [3.63, 3.8) is 0 Å². The van der Waals surface area contributed by atoms with Crippen molar-refractivity contribution in [2.45, 2.75) is 4.90 Å². The van der Waals surface area contributed by atoms with Gasteiger partial charge < -0.3 is 10.6 Å². The van der Waals surface area contributed by atoms with Crippen LogP contribution in [0.25, 0.3) is 0 Å². The number of sulfonamides is 1. The maximum atomic E-state index is 12.2. The zero-order chi connectivity index (χ0) is 18.3. The predicted octanol–water partition coefficient (Wildman–Crippen LogP) is 0.703. The molecule has 3 N–H and O–H groups in total. The third-order valence-corrected chi connectivity index (χ3v) is 4.77. The van der Waals surface area contributed by atoms with Gasteiger partial charge in [-0.05, 0) is 36.4 Å². The van der Waals surface area contributed by atoms with E-state index in [1.165, 1.54) is 31.3 Å². The predicted molar refractivity (Wildman–Crippen MR) is 92.5 cm³/mol. The first-order chi connectivity index (χ1) is 12.0. The zero-order valence-electron chi connectivity index (χ0n) is 13.5. The van der Waals surface area contributed by atoms with Crippen molar-refractivity contribution in [1.82, 2.24) is 15.0 Å². The van der Waals surface area contributed by atoms with Crippen LogP contribution in [0.1, 0.15) is 15.9 Å². The molecule has 2 aromatic rings. The summed E-state index contributed by atoms with van der Waals surface area (Å²) in [6.45, 7) is 0.377. The number of amides is 1. The van der Waals surface area contributed by atoms with Gasteiger partial charge in [0, 0.05) is 31.9 Å². The minimum Gasteiger partial charge on any atom is -0.368 e. The highest BCUT2D eigenvalue weighted by Crippen LogP contribution is 2.11. The van der Waals surface area contributed by atoms with Crippen LogP contribution in [-0.2, 0) is 10.0 Å². The van der Waals surface area contributed by atoms with Crippen molar-refractivity contribution in [1.29, 1.82) is 5.26 Å². The highest BCUT2D eigenvalue weighted by atomic mass is 32.2. The van der Waals surface area contributed by atoms with Gasteiger partial charge in [-0.1, -0.05) is 0 Å². The van der Waals surface area contributed by atoms with Gasteiger partial charge in [-0.2, -0.15) is 5.26 Å². The third kappa shape index (κ3) is 4.76. The number of nitrogens with one attached hydrogen (secondary N) is 3. The van der Waals surface area contributed by atoms with Crippen LogP contribution < -0.4 is 15.4 Å². The summed E-state index contributed by atoms with van der Waals surface area (Å²) >= 11 is 0. The Labute approximate surface area is 145 Å². The molecule has 0 saturated carbocycles. The van der Waals surface area contributed by atoms with E-state index in [1.807, 2.05) is 6.07 Å². The summed E-state index contributed by atoms with van der Waals surface area (Å²) in [4.78, 5) is 15.6. The number of hydrogen-bond acceptors (Lipinski definition) is 6. The van der Waals surface area contributed by atoms with Crippen LogP contribution in [0, 0.1) is 11.3 Å². The Balaban J connectivity index is 1.93. The van der Waals surface area contributed by atoms with E-state index in [0.29, 0.717) is 16.9 Å². The summed E-state index contributed by atoms with van der Waals surface area (Å²) in [5, 5.41) is 14.3. The molecule has 9 heteroatoms. The van der Waals surface area contributed by atoms with Crippen molar-refractivity contribution in [2.75, 3.05) is 25.5 Å². The van der Waals surface area contributed by atoms with Crippen LogP contribution in [0.4, 0.5) is 5.82 Å². The van der Waals surface area contributed by atoms with Crippen molar-refractivity contribution in [2.24, 2.45) is 0 Å². The van der Waals surface area contributed by atoms with Gasteiger partial charge in [-0.15, -0.1) is 0 Å². The summed E-state index contributed by atoms with van der Waals surface area (Å²) in [7, 11) is -2.19. The highest BCUT2D eigenvalue weighted by molar-refractivity contribution is 7.89. The molecule has 0 aliphatic rings. The SMILES string of the molecule is CNC(=O)c1ccc(S(=O)(=O)NCCNc2ncccc2C#N)cc1. The summed E-state index contributed by atoms with van der Waals surface area (Å²) in [5.74, 6) is 0.115. The van der Waals surface area contributed by atoms with Gasteiger partial charge in [-0.25, -0.2) is 18.1 Å². The maximum absolute atomic E-state index is 12.2. The fourth-order valence-electron chi connectivity index (χ4n) is 2.02. The summed E-state index contributed by atoms with van der Waals surface area (Å²) in [5.41, 5.74) is 0.762. The first-order valence-corrected chi connectivity index (χ1v) is 8.87. The molecule has 0 bridgehead atoms. The molecule has 0 aliphatic heterocycles. The smallest absolute Gasteiger partial charge is 0.251 e. The van der Waals surface area contributed by atoms with E-state index >= 15 is 0 Å². The number of aromatic nitrogens is 1. The number of hydrogen-bond donors (Lipinski definition) is 3. The Kier molecular flexibility index (Phi) is 6.05. The van der Waals surface area contributed by atoms with Crippen molar-refractivity contribution in [3.05, 3.63) is 53.7 Å². The maximum Gasteiger partial charge on any atom is 0.251 e. The standard InChI is InChI=1S/C16H17N5O3S/c1-18-16(22)12-4-6-14(7-5-12)25(23,24)21-10-9-20-15-13(11-17)3-2-8-19-15/h2-8,21H,9-10H2,1H3,(H,18,22)(H,19,20). The fourth-order valence-corrected chi connectivity index (χ4v) is 3.05. The Hall–Kier alpha value is -2.96. The molecule has 0 aliphatic carbocycles. The highest BCUT2D eigenvalue weighted by Gasteiger charge is 2.14. The second-order valence-corrected chi connectivity index (χ2v) is 6.71. The van der Waals surface area contributed by atoms with Crippen LogP contribution >= 0.6 is 0 Å². The normalized spacial score (nSPS) is 10.7. The Morgan fingerprint density at radius 1 is 1.20 bits per heavy atom. The van der Waals surface area contributed by atoms with Gasteiger partial charge in [0.25, 0.3) is 5.91 Å². The molecule has 25 heavy (non-hydrogen) atoms. The van der Waals surface area contributed by atoms with Gasteiger partial charge in [0.05, 0.1) is 10.5 Å². The van der Waals surface area contributed by atoms with Gasteiger partial charge in [0.1, 0.15) is 11.9 Å². The van der Waals surface area contributed by atoms with E-state index in [1.54, 1.807) is 18.3 Å². The Morgan fingerprint density at radius 3 is 2.56 bits per heavy atom. The molecule has 1 aromatic heterocycles. The molecule has 0 saturated heterocycles. The van der Waals surface area contributed by atoms with Crippen LogP contribution in [-0.4, -0.2) is 39.4 Å². The van der Waals surface area contributed by atoms with E-state index in [4.69, 9.17) is 5.26 Å². The lowest BCUT2D eigenvalue weighted by atomic mass is 10.2. The van der Waals surface area contributed by atoms with Crippen LogP contribution in [0.2, 0.25) is 0 Å². The fraction of sp³-hybridized carbons (Fsp3) is 0.188. The van der Waals surface area contributed by atoms with Gasteiger partial charge in [0.15, 0.2) is 0 Å². The number of pyridine rings is 1. The van der Waals surface area contributed by atoms with Gasteiger partial charge >= 0.3 is 0 Å². The summed E-state index contributed by atoms with van der Waals surface area (Å²) in [6, 6.07) is 10.9. The van der Waals surface area contributed by atoms with Gasteiger partial charge in [0.2, 0.25) is 10.0 Å². The Morgan fingerprint density at radius 2 is 1.92 bits per heavy atom. The topological polar surface area (TPSA) is 124 Å². The molecule has 2 rings (SSSR count). The van der Waals surface area contributed by atoms with E-state index < -0.39 is 10.0 Å². The van der Waals surface area contributed by atoms with Crippen molar-refractivity contribution in [3.8, 4) is 6.07 Å². The first-order valence-electron chi connectivity index (χ1n) is 7.38. The van der Waals surface area contributed by atoms with Crippen LogP contribution in [0.5, 0.6) is 0 Å². The number of nitrogens with zero attached hydrogens (tertiary/aromatic N) is 2. The number of nitriles is 1. The van der Waals surface area contributed by atoms with E-state index in [9.17, 15) is 13.2 Å². The summed E-state index contributed by atoms with van der Waals surface area (Å²) < 4.78 is 26.9. The lowest BCUT2D eigenvalue weighted by molar-refractivity contribution is 0.0963. The number of anilines is 1. The number of rotatable bonds is 7. The molecule has 0 fully saturated rings. The molecular weight excluding hydrogens is 342 g/mol. The molecule has 0 unspecified atom stereocenters. The average Bonchev–Trinajstić information content (AvgIpc) is 2.65. The van der Waals surface area contributed by atoms with E-state index in [2.05, 4.69) is 20.3 Å². The molecule has 0 spiro atoms. The van der Waals surface area contributed by atoms with E-state index in [-0.39, 0.29) is 23.9 Å². The monoisotopic (exact) mass is 359 g/mol. The van der Waals surface area contributed by atoms with Crippen LogP contribution in [0.3, 0.4) is 0 Å².